The van der Waals surface area contributed by atoms with Crippen molar-refractivity contribution in [1.82, 2.24) is 0 Å². The molecule has 0 aliphatic carbocycles. The molecule has 0 aliphatic heterocycles. The van der Waals surface area contributed by atoms with Crippen LogP contribution in [0.3, 0.4) is 0 Å². The van der Waals surface area contributed by atoms with Gasteiger partial charge < -0.3 is 5.11 Å². The largest absolute Gasteiger partial charge is 0.507 e. The van der Waals surface area contributed by atoms with Crippen LogP contribution in [0.25, 0.3) is 0 Å². The number of aromatic hydroxyl groups is 1. The summed E-state index contributed by atoms with van der Waals surface area (Å²) in [4.78, 5) is 11.9. The van der Waals surface area contributed by atoms with E-state index in [1.54, 1.807) is 6.92 Å². The number of hydrogen-bond acceptors (Lipinski definition) is 2. The SMILES string of the molecule is CCC(C)(Pc1ccccc1C(C)=O)c1cc(C)cc(C)c1O. The average Bonchev–Trinajstić information content (AvgIpc) is 2.51. The van der Waals surface area contributed by atoms with Gasteiger partial charge in [0.2, 0.25) is 0 Å². The Balaban J connectivity index is 2.53. The molecule has 23 heavy (non-hydrogen) atoms. The number of benzene rings is 2. The topological polar surface area (TPSA) is 37.3 Å². The van der Waals surface area contributed by atoms with Crippen LogP contribution in [-0.4, -0.2) is 10.9 Å². The standard InChI is InChI=1S/C20H25O2P/c1-6-20(5,17-12-13(2)11-14(3)19(17)22)23-18-10-8-7-9-16(18)15(4)21/h7-12,22-23H,6H2,1-5H3. The van der Waals surface area contributed by atoms with E-state index in [4.69, 9.17) is 0 Å². The summed E-state index contributed by atoms with van der Waals surface area (Å²) in [7, 11) is 0.426. The van der Waals surface area contributed by atoms with E-state index in [9.17, 15) is 9.90 Å². The molecule has 0 fully saturated rings. The number of rotatable bonds is 5. The minimum absolute atomic E-state index is 0.0937. The van der Waals surface area contributed by atoms with E-state index in [1.165, 1.54) is 0 Å². The van der Waals surface area contributed by atoms with Crippen LogP contribution in [-0.2, 0) is 5.16 Å². The molecule has 0 saturated carbocycles. The highest BCUT2D eigenvalue weighted by atomic mass is 31.1. The lowest BCUT2D eigenvalue weighted by atomic mass is 9.93. The molecule has 0 bridgehead atoms. The number of hydrogen-bond donors (Lipinski definition) is 1. The third-order valence-corrected chi connectivity index (χ3v) is 6.34. The summed E-state index contributed by atoms with van der Waals surface area (Å²) < 4.78 is 0. The zero-order valence-corrected chi connectivity index (χ0v) is 15.5. The summed E-state index contributed by atoms with van der Waals surface area (Å²) in [5, 5.41) is 11.5. The van der Waals surface area contributed by atoms with Crippen molar-refractivity contribution in [2.24, 2.45) is 0 Å². The molecule has 2 rings (SSSR count). The van der Waals surface area contributed by atoms with Gasteiger partial charge >= 0.3 is 0 Å². The van der Waals surface area contributed by atoms with E-state index >= 15 is 0 Å². The lowest BCUT2D eigenvalue weighted by Crippen LogP contribution is -2.21. The fourth-order valence-electron chi connectivity index (χ4n) is 2.92. The number of carbonyl (C=O) groups is 1. The van der Waals surface area contributed by atoms with Crippen LogP contribution in [0.2, 0.25) is 0 Å². The normalized spacial score (nSPS) is 14.1. The van der Waals surface area contributed by atoms with Crippen molar-refractivity contribution >= 4 is 19.7 Å². The van der Waals surface area contributed by atoms with E-state index in [2.05, 4.69) is 26.8 Å². The van der Waals surface area contributed by atoms with Crippen molar-refractivity contribution in [3.63, 3.8) is 0 Å². The molecule has 0 saturated heterocycles. The molecule has 3 heteroatoms. The smallest absolute Gasteiger partial charge is 0.160 e. The maximum Gasteiger partial charge on any atom is 0.160 e. The first kappa shape index (κ1) is 17.7. The average molecular weight is 328 g/mol. The molecule has 2 unspecified atom stereocenters. The highest BCUT2D eigenvalue weighted by Gasteiger charge is 2.30. The molecule has 0 spiro atoms. The molecule has 0 aliphatic rings. The molecule has 2 aromatic carbocycles. The highest BCUT2D eigenvalue weighted by molar-refractivity contribution is 7.48. The molecule has 1 N–H and O–H groups in total. The minimum Gasteiger partial charge on any atom is -0.507 e. The number of ketones is 1. The van der Waals surface area contributed by atoms with Crippen LogP contribution in [0.15, 0.2) is 36.4 Å². The van der Waals surface area contributed by atoms with Crippen LogP contribution in [0.4, 0.5) is 0 Å². The van der Waals surface area contributed by atoms with E-state index in [-0.39, 0.29) is 10.9 Å². The summed E-state index contributed by atoms with van der Waals surface area (Å²) in [5.41, 5.74) is 3.83. The summed E-state index contributed by atoms with van der Waals surface area (Å²) in [6.45, 7) is 9.92. The van der Waals surface area contributed by atoms with Gasteiger partial charge in [-0.3, -0.25) is 4.79 Å². The summed E-state index contributed by atoms with van der Waals surface area (Å²) in [6.07, 6.45) is 0.897. The Bertz CT molecular complexity index is 736. The number of phenols is 1. The second-order valence-electron chi connectivity index (χ2n) is 6.39. The van der Waals surface area contributed by atoms with Gasteiger partial charge in [-0.25, -0.2) is 0 Å². The van der Waals surface area contributed by atoms with Gasteiger partial charge in [-0.15, -0.1) is 0 Å². The Morgan fingerprint density at radius 2 is 1.87 bits per heavy atom. The molecular weight excluding hydrogens is 303 g/mol. The van der Waals surface area contributed by atoms with Crippen LogP contribution >= 0.6 is 8.58 Å². The van der Waals surface area contributed by atoms with E-state index in [1.807, 2.05) is 37.3 Å². The molecule has 0 heterocycles. The third kappa shape index (κ3) is 3.64. The summed E-state index contributed by atoms with van der Waals surface area (Å²) in [6, 6.07) is 11.9. The monoisotopic (exact) mass is 328 g/mol. The molecule has 122 valence electrons. The van der Waals surface area contributed by atoms with Crippen molar-refractivity contribution in [1.29, 1.82) is 0 Å². The van der Waals surface area contributed by atoms with Gasteiger partial charge in [-0.05, 0) is 38.1 Å². The number of phenolic OH excluding ortho intramolecular Hbond substituents is 1. The molecular formula is C20H25O2P. The van der Waals surface area contributed by atoms with Crippen molar-refractivity contribution in [2.75, 3.05) is 0 Å². The summed E-state index contributed by atoms with van der Waals surface area (Å²) >= 11 is 0. The van der Waals surface area contributed by atoms with Crippen molar-refractivity contribution in [3.8, 4) is 5.75 Å². The van der Waals surface area contributed by atoms with Crippen LogP contribution in [0.5, 0.6) is 5.75 Å². The number of aryl methyl sites for hydroxylation is 2. The van der Waals surface area contributed by atoms with Crippen molar-refractivity contribution in [2.45, 2.75) is 46.2 Å². The second-order valence-corrected chi connectivity index (χ2v) is 8.28. The van der Waals surface area contributed by atoms with Gasteiger partial charge in [-0.1, -0.05) is 64.4 Å². The zero-order chi connectivity index (χ0) is 17.2. The molecule has 0 amide bonds. The minimum atomic E-state index is -0.188. The first-order valence-electron chi connectivity index (χ1n) is 7.97. The molecule has 0 aromatic heterocycles. The Labute approximate surface area is 140 Å². The van der Waals surface area contributed by atoms with Crippen LogP contribution in [0, 0.1) is 13.8 Å². The molecule has 2 atom stereocenters. The fraction of sp³-hybridized carbons (Fsp3) is 0.350. The van der Waals surface area contributed by atoms with Crippen LogP contribution < -0.4 is 5.30 Å². The molecule has 2 nitrogen and oxygen atoms in total. The summed E-state index contributed by atoms with van der Waals surface area (Å²) in [5.74, 6) is 0.476. The number of carbonyl (C=O) groups excluding carboxylic acids is 1. The van der Waals surface area contributed by atoms with Gasteiger partial charge in [0.15, 0.2) is 5.78 Å². The Hall–Kier alpha value is -1.66. The van der Waals surface area contributed by atoms with Gasteiger partial charge in [-0.2, -0.15) is 0 Å². The van der Waals surface area contributed by atoms with Gasteiger partial charge in [0, 0.05) is 16.3 Å². The maximum atomic E-state index is 11.9. The third-order valence-electron chi connectivity index (χ3n) is 4.46. The highest BCUT2D eigenvalue weighted by Crippen LogP contribution is 2.48. The predicted octanol–water partition coefficient (Wildman–Crippen LogP) is 4.84. The zero-order valence-electron chi connectivity index (χ0n) is 14.5. The lowest BCUT2D eigenvalue weighted by molar-refractivity contribution is 0.101. The lowest BCUT2D eigenvalue weighted by Gasteiger charge is -2.31. The maximum absolute atomic E-state index is 11.9. The first-order chi connectivity index (χ1) is 10.8. The Morgan fingerprint density at radius 3 is 2.48 bits per heavy atom. The quantitative estimate of drug-likeness (QED) is 0.630. The van der Waals surface area contributed by atoms with E-state index in [0.29, 0.717) is 14.3 Å². The van der Waals surface area contributed by atoms with Gasteiger partial charge in [0.25, 0.3) is 0 Å². The van der Waals surface area contributed by atoms with Crippen molar-refractivity contribution < 1.29 is 9.90 Å². The Morgan fingerprint density at radius 1 is 1.22 bits per heavy atom. The number of Topliss-reactive ketones (excluding diaryl/α,β-unsaturated/α-hetero) is 1. The van der Waals surface area contributed by atoms with Gasteiger partial charge in [0.05, 0.1) is 0 Å². The predicted molar refractivity (Wildman–Crippen MR) is 99.6 cm³/mol. The van der Waals surface area contributed by atoms with Gasteiger partial charge in [0.1, 0.15) is 5.75 Å². The van der Waals surface area contributed by atoms with E-state index < -0.39 is 0 Å². The first-order valence-corrected chi connectivity index (χ1v) is 8.97. The second kappa shape index (κ2) is 6.84. The Kier molecular flexibility index (Phi) is 5.26. The molecule has 0 radical (unpaired) electrons. The van der Waals surface area contributed by atoms with Crippen LogP contribution in [0.1, 0.15) is 54.2 Å². The molecule has 2 aromatic rings. The fourth-order valence-corrected chi connectivity index (χ4v) is 4.59. The van der Waals surface area contributed by atoms with Crippen molar-refractivity contribution in [3.05, 3.63) is 58.7 Å². The van der Waals surface area contributed by atoms with E-state index in [0.717, 1.165) is 34.0 Å².